The topological polar surface area (TPSA) is 63.9 Å². The molecule has 9 heteroatoms. The summed E-state index contributed by atoms with van der Waals surface area (Å²) in [5.41, 5.74) is 0.995. The van der Waals surface area contributed by atoms with Gasteiger partial charge in [-0.25, -0.2) is 14.6 Å². The van der Waals surface area contributed by atoms with Gasteiger partial charge in [0, 0.05) is 31.1 Å². The molecule has 0 radical (unpaired) electrons. The van der Waals surface area contributed by atoms with Crippen molar-refractivity contribution in [2.75, 3.05) is 18.0 Å². The smallest absolute Gasteiger partial charge is 0.356 e. The molecule has 1 fully saturated rings. The normalized spacial score (nSPS) is 17.7. The van der Waals surface area contributed by atoms with Crippen LogP contribution in [0, 0.1) is 5.92 Å². The summed E-state index contributed by atoms with van der Waals surface area (Å²) in [6, 6.07) is 2.64. The van der Waals surface area contributed by atoms with Crippen LogP contribution in [0.15, 0.2) is 23.3 Å². The lowest BCUT2D eigenvalue weighted by Gasteiger charge is -2.40. The molecule has 0 amide bonds. The standard InChI is InChI=1S/C17H18F3N5O/c18-17(19,20)14-6-15(22-10-21-14)24-7-11(8-24)9-25-16(26)5-12-3-1-2-4-13(12)23-25/h5-6,10-11H,1-4,7-9H2. The van der Waals surface area contributed by atoms with Crippen LogP contribution >= 0.6 is 0 Å². The van der Waals surface area contributed by atoms with Crippen molar-refractivity contribution in [3.05, 3.63) is 45.8 Å². The van der Waals surface area contributed by atoms with Gasteiger partial charge in [0.05, 0.1) is 12.2 Å². The zero-order valence-corrected chi connectivity index (χ0v) is 14.0. The molecule has 2 aliphatic rings. The molecule has 4 rings (SSSR count). The Morgan fingerprint density at radius 1 is 1.12 bits per heavy atom. The minimum atomic E-state index is -4.48. The first-order valence-electron chi connectivity index (χ1n) is 8.64. The monoisotopic (exact) mass is 365 g/mol. The molecule has 3 heterocycles. The summed E-state index contributed by atoms with van der Waals surface area (Å²) in [4.78, 5) is 21.2. The van der Waals surface area contributed by atoms with E-state index in [1.165, 1.54) is 4.68 Å². The Hall–Kier alpha value is -2.45. The van der Waals surface area contributed by atoms with Crippen LogP contribution in [0.4, 0.5) is 19.0 Å². The predicted octanol–water partition coefficient (Wildman–Crippen LogP) is 2.07. The van der Waals surface area contributed by atoms with Crippen molar-refractivity contribution in [3.63, 3.8) is 0 Å². The van der Waals surface area contributed by atoms with Crippen molar-refractivity contribution < 1.29 is 13.2 Å². The Morgan fingerprint density at radius 3 is 2.65 bits per heavy atom. The van der Waals surface area contributed by atoms with Crippen molar-refractivity contribution in [1.82, 2.24) is 19.7 Å². The van der Waals surface area contributed by atoms with E-state index in [0.717, 1.165) is 49.3 Å². The largest absolute Gasteiger partial charge is 0.433 e. The van der Waals surface area contributed by atoms with Gasteiger partial charge in [-0.05, 0) is 31.2 Å². The number of rotatable bonds is 3. The van der Waals surface area contributed by atoms with E-state index in [0.29, 0.717) is 19.6 Å². The van der Waals surface area contributed by atoms with Crippen LogP contribution < -0.4 is 10.5 Å². The summed E-state index contributed by atoms with van der Waals surface area (Å²) >= 11 is 0. The van der Waals surface area contributed by atoms with E-state index < -0.39 is 11.9 Å². The van der Waals surface area contributed by atoms with Crippen LogP contribution in [-0.4, -0.2) is 32.8 Å². The highest BCUT2D eigenvalue weighted by molar-refractivity contribution is 5.42. The molecule has 0 spiro atoms. The maximum Gasteiger partial charge on any atom is 0.433 e. The lowest BCUT2D eigenvalue weighted by Crippen LogP contribution is -2.50. The molecule has 1 aliphatic heterocycles. The fourth-order valence-corrected chi connectivity index (χ4v) is 3.52. The van der Waals surface area contributed by atoms with Gasteiger partial charge in [-0.1, -0.05) is 0 Å². The zero-order chi connectivity index (χ0) is 18.3. The highest BCUT2D eigenvalue weighted by atomic mass is 19.4. The third kappa shape index (κ3) is 3.30. The molecule has 0 saturated carbocycles. The van der Waals surface area contributed by atoms with Gasteiger partial charge >= 0.3 is 6.18 Å². The Bertz CT molecular complexity index is 873. The molecular weight excluding hydrogens is 347 g/mol. The number of anilines is 1. The first-order valence-corrected chi connectivity index (χ1v) is 8.64. The lowest BCUT2D eigenvalue weighted by atomic mass is 9.96. The second kappa shape index (κ2) is 6.37. The summed E-state index contributed by atoms with van der Waals surface area (Å²) in [5, 5.41) is 4.49. The second-order valence-corrected chi connectivity index (χ2v) is 6.87. The van der Waals surface area contributed by atoms with E-state index in [2.05, 4.69) is 15.1 Å². The van der Waals surface area contributed by atoms with Gasteiger partial charge in [-0.3, -0.25) is 4.79 Å². The van der Waals surface area contributed by atoms with Gasteiger partial charge < -0.3 is 4.90 Å². The quantitative estimate of drug-likeness (QED) is 0.833. The molecule has 0 unspecified atom stereocenters. The van der Waals surface area contributed by atoms with E-state index >= 15 is 0 Å². The molecule has 26 heavy (non-hydrogen) atoms. The lowest BCUT2D eigenvalue weighted by molar-refractivity contribution is -0.141. The number of hydrogen-bond acceptors (Lipinski definition) is 5. The molecule has 2 aromatic heterocycles. The summed E-state index contributed by atoms with van der Waals surface area (Å²) in [6.45, 7) is 1.55. The van der Waals surface area contributed by atoms with Crippen LogP contribution in [0.2, 0.25) is 0 Å². The second-order valence-electron chi connectivity index (χ2n) is 6.87. The molecule has 1 saturated heterocycles. The minimum absolute atomic E-state index is 0.106. The molecule has 2 aromatic rings. The van der Waals surface area contributed by atoms with Crippen molar-refractivity contribution in [2.24, 2.45) is 5.92 Å². The summed E-state index contributed by atoms with van der Waals surface area (Å²) in [7, 11) is 0. The molecule has 0 aromatic carbocycles. The Labute approximate surface area is 147 Å². The molecule has 138 valence electrons. The molecule has 0 atom stereocenters. The van der Waals surface area contributed by atoms with Crippen LogP contribution in [-0.2, 0) is 25.6 Å². The zero-order valence-electron chi connectivity index (χ0n) is 14.0. The van der Waals surface area contributed by atoms with Crippen molar-refractivity contribution in [2.45, 2.75) is 38.4 Å². The highest BCUT2D eigenvalue weighted by Crippen LogP contribution is 2.31. The first-order chi connectivity index (χ1) is 12.4. The van der Waals surface area contributed by atoms with E-state index in [-0.39, 0.29) is 17.3 Å². The fourth-order valence-electron chi connectivity index (χ4n) is 3.52. The number of halogens is 3. The predicted molar refractivity (Wildman–Crippen MR) is 87.9 cm³/mol. The summed E-state index contributed by atoms with van der Waals surface area (Å²) in [5.74, 6) is 0.417. The van der Waals surface area contributed by atoms with E-state index in [1.807, 2.05) is 0 Å². The Balaban J connectivity index is 1.42. The number of aryl methyl sites for hydroxylation is 2. The van der Waals surface area contributed by atoms with Crippen molar-refractivity contribution in [3.8, 4) is 0 Å². The van der Waals surface area contributed by atoms with Crippen LogP contribution in [0.3, 0.4) is 0 Å². The number of alkyl halides is 3. The fraction of sp³-hybridized carbons (Fsp3) is 0.529. The van der Waals surface area contributed by atoms with Crippen LogP contribution in [0.1, 0.15) is 29.8 Å². The maximum absolute atomic E-state index is 12.7. The van der Waals surface area contributed by atoms with E-state index in [9.17, 15) is 18.0 Å². The van der Waals surface area contributed by atoms with Gasteiger partial charge in [0.15, 0.2) is 0 Å². The van der Waals surface area contributed by atoms with Gasteiger partial charge in [0.2, 0.25) is 0 Å². The molecule has 6 nitrogen and oxygen atoms in total. The average molecular weight is 365 g/mol. The van der Waals surface area contributed by atoms with Crippen LogP contribution in [0.5, 0.6) is 0 Å². The van der Waals surface area contributed by atoms with Crippen molar-refractivity contribution in [1.29, 1.82) is 0 Å². The van der Waals surface area contributed by atoms with Gasteiger partial charge in [-0.15, -0.1) is 0 Å². The number of nitrogens with zero attached hydrogens (tertiary/aromatic N) is 5. The van der Waals surface area contributed by atoms with E-state index in [4.69, 9.17) is 0 Å². The third-order valence-corrected chi connectivity index (χ3v) is 4.93. The molecule has 0 N–H and O–H groups in total. The Kier molecular flexibility index (Phi) is 4.16. The summed E-state index contributed by atoms with van der Waals surface area (Å²) < 4.78 is 39.7. The minimum Gasteiger partial charge on any atom is -0.356 e. The number of hydrogen-bond donors (Lipinski definition) is 0. The number of aromatic nitrogens is 4. The summed E-state index contributed by atoms with van der Waals surface area (Å²) in [6.07, 6.45) is 0.432. The van der Waals surface area contributed by atoms with Gasteiger partial charge in [-0.2, -0.15) is 18.3 Å². The SMILES string of the molecule is O=c1cc2c(nn1CC1CN(c3cc(C(F)(F)F)ncn3)C1)CCCC2. The molecule has 1 aliphatic carbocycles. The van der Waals surface area contributed by atoms with Crippen molar-refractivity contribution >= 4 is 5.82 Å². The highest BCUT2D eigenvalue weighted by Gasteiger charge is 2.35. The maximum atomic E-state index is 12.7. The van der Waals surface area contributed by atoms with Crippen LogP contribution in [0.25, 0.3) is 0 Å². The molecule has 0 bridgehead atoms. The van der Waals surface area contributed by atoms with Gasteiger partial charge in [0.25, 0.3) is 5.56 Å². The number of fused-ring (bicyclic) bond motifs is 1. The van der Waals surface area contributed by atoms with E-state index in [1.54, 1.807) is 11.0 Å². The Morgan fingerprint density at radius 2 is 1.88 bits per heavy atom. The van der Waals surface area contributed by atoms with Gasteiger partial charge in [0.1, 0.15) is 17.8 Å². The average Bonchev–Trinajstić information content (AvgIpc) is 2.57. The first kappa shape index (κ1) is 17.0. The molecular formula is C17H18F3N5O. The third-order valence-electron chi connectivity index (χ3n) is 4.93.